The lowest BCUT2D eigenvalue weighted by molar-refractivity contribution is -0.122. The standard InChI is InChI=1S/C20H23N3O2/c1-2-25-16-7-5-6-14(10-16)12-23-20(24)18(21)11-15-13-22-19-9-4-3-8-17(15)19/h3-10,13,18,22H,2,11-12,21H2,1H3,(H,23,24)/t18-/m0/s1. The van der Waals surface area contributed by atoms with Crippen LogP contribution in [0, 0.1) is 0 Å². The minimum Gasteiger partial charge on any atom is -0.494 e. The maximum atomic E-state index is 12.3. The molecular formula is C20H23N3O2. The van der Waals surface area contributed by atoms with E-state index in [4.69, 9.17) is 10.5 Å². The number of benzene rings is 2. The van der Waals surface area contributed by atoms with E-state index in [1.54, 1.807) is 0 Å². The number of nitrogens with one attached hydrogen (secondary N) is 2. The topological polar surface area (TPSA) is 80.1 Å². The third-order valence-corrected chi connectivity index (χ3v) is 4.13. The van der Waals surface area contributed by atoms with Gasteiger partial charge in [-0.3, -0.25) is 4.79 Å². The molecule has 0 fully saturated rings. The summed E-state index contributed by atoms with van der Waals surface area (Å²) in [6, 6.07) is 15.1. The molecule has 25 heavy (non-hydrogen) atoms. The van der Waals surface area contributed by atoms with Crippen molar-refractivity contribution in [3.05, 3.63) is 65.9 Å². The van der Waals surface area contributed by atoms with E-state index in [2.05, 4.69) is 10.3 Å². The first-order chi connectivity index (χ1) is 12.2. The van der Waals surface area contributed by atoms with Crippen molar-refractivity contribution in [2.24, 2.45) is 5.73 Å². The smallest absolute Gasteiger partial charge is 0.237 e. The van der Waals surface area contributed by atoms with Crippen LogP contribution in [-0.2, 0) is 17.8 Å². The van der Waals surface area contributed by atoms with Crippen LogP contribution in [-0.4, -0.2) is 23.5 Å². The fraction of sp³-hybridized carbons (Fsp3) is 0.250. The Kier molecular flexibility index (Phi) is 5.36. The third kappa shape index (κ3) is 4.19. The number of para-hydroxylation sites is 1. The number of hydrogen-bond acceptors (Lipinski definition) is 3. The molecule has 0 saturated carbocycles. The first-order valence-corrected chi connectivity index (χ1v) is 8.47. The summed E-state index contributed by atoms with van der Waals surface area (Å²) in [4.78, 5) is 15.5. The van der Waals surface area contributed by atoms with E-state index in [9.17, 15) is 4.79 Å². The summed E-state index contributed by atoms with van der Waals surface area (Å²) >= 11 is 0. The molecule has 0 aliphatic rings. The highest BCUT2D eigenvalue weighted by atomic mass is 16.5. The average Bonchev–Trinajstić information content (AvgIpc) is 3.03. The Bertz CT molecular complexity index is 857. The molecular weight excluding hydrogens is 314 g/mol. The lowest BCUT2D eigenvalue weighted by Crippen LogP contribution is -2.41. The largest absolute Gasteiger partial charge is 0.494 e. The number of rotatable bonds is 7. The molecule has 0 spiro atoms. The van der Waals surface area contributed by atoms with Crippen LogP contribution in [0.5, 0.6) is 5.75 Å². The van der Waals surface area contributed by atoms with Gasteiger partial charge in [-0.1, -0.05) is 30.3 Å². The highest BCUT2D eigenvalue weighted by Crippen LogP contribution is 2.19. The van der Waals surface area contributed by atoms with Gasteiger partial charge in [0.2, 0.25) is 5.91 Å². The van der Waals surface area contributed by atoms with Crippen LogP contribution in [0.2, 0.25) is 0 Å². The lowest BCUT2D eigenvalue weighted by Gasteiger charge is -2.12. The monoisotopic (exact) mass is 337 g/mol. The van der Waals surface area contributed by atoms with Crippen molar-refractivity contribution in [3.8, 4) is 5.75 Å². The summed E-state index contributed by atoms with van der Waals surface area (Å²) < 4.78 is 5.47. The van der Waals surface area contributed by atoms with Gasteiger partial charge in [0, 0.05) is 23.6 Å². The van der Waals surface area contributed by atoms with Crippen molar-refractivity contribution in [1.29, 1.82) is 0 Å². The van der Waals surface area contributed by atoms with Gasteiger partial charge in [0.1, 0.15) is 5.75 Å². The second kappa shape index (κ2) is 7.85. The highest BCUT2D eigenvalue weighted by molar-refractivity contribution is 5.86. The predicted molar refractivity (Wildman–Crippen MR) is 99.4 cm³/mol. The maximum absolute atomic E-state index is 12.3. The molecule has 4 N–H and O–H groups in total. The Balaban J connectivity index is 1.58. The second-order valence-corrected chi connectivity index (χ2v) is 5.97. The van der Waals surface area contributed by atoms with E-state index in [0.717, 1.165) is 27.8 Å². The number of amides is 1. The first-order valence-electron chi connectivity index (χ1n) is 8.47. The van der Waals surface area contributed by atoms with E-state index in [1.807, 2.05) is 61.7 Å². The van der Waals surface area contributed by atoms with Crippen LogP contribution in [0.3, 0.4) is 0 Å². The minimum atomic E-state index is -0.589. The lowest BCUT2D eigenvalue weighted by atomic mass is 10.0. The van der Waals surface area contributed by atoms with Crippen molar-refractivity contribution in [3.63, 3.8) is 0 Å². The zero-order chi connectivity index (χ0) is 17.6. The summed E-state index contributed by atoms with van der Waals surface area (Å²) in [5.41, 5.74) is 9.18. The van der Waals surface area contributed by atoms with Crippen molar-refractivity contribution in [1.82, 2.24) is 10.3 Å². The summed E-state index contributed by atoms with van der Waals surface area (Å²) in [7, 11) is 0. The fourth-order valence-corrected chi connectivity index (χ4v) is 2.86. The number of aromatic amines is 1. The van der Waals surface area contributed by atoms with Gasteiger partial charge < -0.3 is 20.8 Å². The van der Waals surface area contributed by atoms with Gasteiger partial charge in [0.15, 0.2) is 0 Å². The second-order valence-electron chi connectivity index (χ2n) is 5.97. The molecule has 0 unspecified atom stereocenters. The van der Waals surface area contributed by atoms with Gasteiger partial charge in [-0.15, -0.1) is 0 Å². The molecule has 0 aliphatic heterocycles. The number of carbonyl (C=O) groups excluding carboxylic acids is 1. The molecule has 3 aromatic rings. The predicted octanol–water partition coefficient (Wildman–Crippen LogP) is 2.75. The van der Waals surface area contributed by atoms with Crippen LogP contribution in [0.15, 0.2) is 54.7 Å². The van der Waals surface area contributed by atoms with E-state index >= 15 is 0 Å². The molecule has 0 aliphatic carbocycles. The number of fused-ring (bicyclic) bond motifs is 1. The van der Waals surface area contributed by atoms with Crippen LogP contribution in [0.25, 0.3) is 10.9 Å². The fourth-order valence-electron chi connectivity index (χ4n) is 2.86. The van der Waals surface area contributed by atoms with Gasteiger partial charge in [0.25, 0.3) is 0 Å². The van der Waals surface area contributed by atoms with E-state index in [0.29, 0.717) is 19.6 Å². The third-order valence-electron chi connectivity index (χ3n) is 4.13. The van der Waals surface area contributed by atoms with Gasteiger partial charge in [-0.2, -0.15) is 0 Å². The van der Waals surface area contributed by atoms with Crippen molar-refractivity contribution < 1.29 is 9.53 Å². The van der Waals surface area contributed by atoms with Gasteiger partial charge in [-0.05, 0) is 42.7 Å². The Morgan fingerprint density at radius 1 is 1.24 bits per heavy atom. The van der Waals surface area contributed by atoms with Crippen LogP contribution in [0.1, 0.15) is 18.1 Å². The summed E-state index contributed by atoms with van der Waals surface area (Å²) in [5.74, 6) is 0.643. The van der Waals surface area contributed by atoms with Gasteiger partial charge >= 0.3 is 0 Å². The molecule has 1 amide bonds. The molecule has 5 heteroatoms. The summed E-state index contributed by atoms with van der Waals surface area (Å²) in [5, 5.41) is 4.01. The molecule has 0 bridgehead atoms. The number of carbonyl (C=O) groups is 1. The molecule has 1 heterocycles. The Morgan fingerprint density at radius 2 is 2.08 bits per heavy atom. The van der Waals surface area contributed by atoms with Crippen LogP contribution < -0.4 is 15.8 Å². The van der Waals surface area contributed by atoms with Gasteiger partial charge in [-0.25, -0.2) is 0 Å². The summed E-state index contributed by atoms with van der Waals surface area (Å²) in [6.45, 7) is 2.99. The van der Waals surface area contributed by atoms with Crippen LogP contribution in [0.4, 0.5) is 0 Å². The summed E-state index contributed by atoms with van der Waals surface area (Å²) in [6.07, 6.45) is 2.41. The molecule has 5 nitrogen and oxygen atoms in total. The zero-order valence-electron chi connectivity index (χ0n) is 14.3. The highest BCUT2D eigenvalue weighted by Gasteiger charge is 2.16. The molecule has 2 aromatic carbocycles. The van der Waals surface area contributed by atoms with Crippen molar-refractivity contribution in [2.45, 2.75) is 25.9 Å². The van der Waals surface area contributed by atoms with Crippen LogP contribution >= 0.6 is 0 Å². The first kappa shape index (κ1) is 17.0. The Labute approximate surface area is 147 Å². The van der Waals surface area contributed by atoms with E-state index < -0.39 is 6.04 Å². The van der Waals surface area contributed by atoms with Crippen molar-refractivity contribution >= 4 is 16.8 Å². The number of H-pyrrole nitrogens is 1. The molecule has 1 aromatic heterocycles. The average molecular weight is 337 g/mol. The van der Waals surface area contributed by atoms with E-state index in [1.165, 1.54) is 0 Å². The molecule has 130 valence electrons. The molecule has 0 saturated heterocycles. The number of hydrogen-bond donors (Lipinski definition) is 3. The quantitative estimate of drug-likeness (QED) is 0.620. The maximum Gasteiger partial charge on any atom is 0.237 e. The molecule has 1 atom stereocenters. The minimum absolute atomic E-state index is 0.160. The Hall–Kier alpha value is -2.79. The molecule has 0 radical (unpaired) electrons. The van der Waals surface area contributed by atoms with Crippen molar-refractivity contribution in [2.75, 3.05) is 6.61 Å². The van der Waals surface area contributed by atoms with E-state index in [-0.39, 0.29) is 5.91 Å². The number of aromatic nitrogens is 1. The van der Waals surface area contributed by atoms with Gasteiger partial charge in [0.05, 0.1) is 12.6 Å². The number of ether oxygens (including phenoxy) is 1. The molecule has 3 rings (SSSR count). The normalized spacial score (nSPS) is 12.1. The zero-order valence-corrected chi connectivity index (χ0v) is 14.3. The number of nitrogens with two attached hydrogens (primary N) is 1. The Morgan fingerprint density at radius 3 is 2.92 bits per heavy atom. The SMILES string of the molecule is CCOc1cccc(CNC(=O)[C@@H](N)Cc2c[nH]c3ccccc23)c1.